The summed E-state index contributed by atoms with van der Waals surface area (Å²) in [6, 6.07) is 0. The molecule has 7 nitrogen and oxygen atoms in total. The smallest absolute Gasteiger partial charge is 0.347 e. The molecule has 0 amide bonds. The van der Waals surface area contributed by atoms with Gasteiger partial charge in [0.2, 0.25) is 6.10 Å². The van der Waals surface area contributed by atoms with E-state index < -0.39 is 18.0 Å². The number of esters is 2. The number of carbonyl (C=O) groups excluding carboxylic acids is 2. The third-order valence-corrected chi connectivity index (χ3v) is 4.73. The van der Waals surface area contributed by atoms with E-state index in [1.807, 2.05) is 13.8 Å². The molecule has 2 aromatic heterocycles. The normalized spacial score (nSPS) is 17.7. The monoisotopic (exact) mass is 322 g/mol. The molecule has 0 radical (unpaired) electrons. The van der Waals surface area contributed by atoms with Gasteiger partial charge in [0.15, 0.2) is 0 Å². The molecule has 0 unspecified atom stereocenters. The molecule has 2 aromatic rings. The van der Waals surface area contributed by atoms with Gasteiger partial charge in [0.05, 0.1) is 18.3 Å². The van der Waals surface area contributed by atoms with Crippen LogP contribution in [0.5, 0.6) is 0 Å². The van der Waals surface area contributed by atoms with Gasteiger partial charge in [-0.3, -0.25) is 14.2 Å². The van der Waals surface area contributed by atoms with E-state index in [1.165, 1.54) is 22.2 Å². The molecule has 3 heterocycles. The van der Waals surface area contributed by atoms with E-state index in [0.717, 1.165) is 10.4 Å². The van der Waals surface area contributed by atoms with E-state index >= 15 is 0 Å². The van der Waals surface area contributed by atoms with Crippen LogP contribution in [0.1, 0.15) is 16.9 Å². The van der Waals surface area contributed by atoms with Gasteiger partial charge >= 0.3 is 11.9 Å². The van der Waals surface area contributed by atoms with E-state index in [2.05, 4.69) is 4.98 Å². The Hall–Kier alpha value is -2.22. The molecule has 0 aromatic carbocycles. The number of cyclic esters (lactones) is 1. The predicted octanol–water partition coefficient (Wildman–Crippen LogP) is 0.934. The maximum absolute atomic E-state index is 12.4. The fourth-order valence-electron chi connectivity index (χ4n) is 2.30. The van der Waals surface area contributed by atoms with Gasteiger partial charge < -0.3 is 9.47 Å². The highest BCUT2D eigenvalue weighted by atomic mass is 32.1. The Kier molecular flexibility index (Phi) is 3.69. The lowest BCUT2D eigenvalue weighted by Crippen LogP contribution is -2.29. The van der Waals surface area contributed by atoms with Gasteiger partial charge in [-0.1, -0.05) is 0 Å². The van der Waals surface area contributed by atoms with Crippen molar-refractivity contribution in [1.29, 1.82) is 0 Å². The zero-order valence-corrected chi connectivity index (χ0v) is 12.9. The molecule has 1 aliphatic heterocycles. The first kappa shape index (κ1) is 14.7. The van der Waals surface area contributed by atoms with Crippen molar-refractivity contribution in [3.05, 3.63) is 27.1 Å². The van der Waals surface area contributed by atoms with Gasteiger partial charge in [-0.2, -0.15) is 0 Å². The van der Waals surface area contributed by atoms with E-state index in [9.17, 15) is 14.4 Å². The van der Waals surface area contributed by atoms with E-state index in [-0.39, 0.29) is 18.7 Å². The van der Waals surface area contributed by atoms with Crippen LogP contribution in [0.2, 0.25) is 0 Å². The summed E-state index contributed by atoms with van der Waals surface area (Å²) in [5.41, 5.74) is 0.595. The number of hydrogen-bond acceptors (Lipinski definition) is 7. The minimum atomic E-state index is -0.870. The number of thiophene rings is 1. The molecule has 1 saturated heterocycles. The van der Waals surface area contributed by atoms with Crippen molar-refractivity contribution in [2.24, 2.45) is 0 Å². The lowest BCUT2D eigenvalue weighted by atomic mass is 10.2. The van der Waals surface area contributed by atoms with E-state index in [1.54, 1.807) is 0 Å². The van der Waals surface area contributed by atoms with Gasteiger partial charge in [0.1, 0.15) is 11.4 Å². The second-order valence-corrected chi connectivity index (χ2v) is 6.28. The minimum Gasteiger partial charge on any atom is -0.463 e. The summed E-state index contributed by atoms with van der Waals surface area (Å²) in [6.07, 6.45) is 0.804. The van der Waals surface area contributed by atoms with Gasteiger partial charge in [-0.05, 0) is 19.4 Å². The van der Waals surface area contributed by atoms with Crippen LogP contribution in [0.15, 0.2) is 11.1 Å². The SMILES string of the molecule is Cc1sc2ncn(CC(=O)O[C@H]3CCOC3=O)c(=O)c2c1C. The van der Waals surface area contributed by atoms with Crippen LogP contribution in [-0.2, 0) is 25.6 Å². The zero-order chi connectivity index (χ0) is 15.9. The molecular weight excluding hydrogens is 308 g/mol. The summed E-state index contributed by atoms with van der Waals surface area (Å²) in [4.78, 5) is 41.5. The van der Waals surface area contributed by atoms with Gasteiger partial charge in [0.25, 0.3) is 5.56 Å². The summed E-state index contributed by atoms with van der Waals surface area (Å²) in [6.45, 7) is 3.75. The summed E-state index contributed by atoms with van der Waals surface area (Å²) >= 11 is 1.45. The van der Waals surface area contributed by atoms with Crippen LogP contribution < -0.4 is 5.56 Å². The summed E-state index contributed by atoms with van der Waals surface area (Å²) in [7, 11) is 0. The first-order chi connectivity index (χ1) is 10.5. The molecule has 0 spiro atoms. The highest BCUT2D eigenvalue weighted by molar-refractivity contribution is 7.18. The number of hydrogen-bond donors (Lipinski definition) is 0. The van der Waals surface area contributed by atoms with Crippen molar-refractivity contribution in [3.8, 4) is 0 Å². The number of fused-ring (bicyclic) bond motifs is 1. The Morgan fingerprint density at radius 2 is 2.27 bits per heavy atom. The topological polar surface area (TPSA) is 87.5 Å². The molecule has 3 rings (SSSR count). The lowest BCUT2D eigenvalue weighted by Gasteiger charge is -2.09. The molecule has 22 heavy (non-hydrogen) atoms. The highest BCUT2D eigenvalue weighted by Crippen LogP contribution is 2.25. The third kappa shape index (κ3) is 2.50. The lowest BCUT2D eigenvalue weighted by molar-refractivity contribution is -0.160. The average molecular weight is 322 g/mol. The summed E-state index contributed by atoms with van der Waals surface area (Å²) in [5.74, 6) is -1.20. The number of ether oxygens (including phenoxy) is 2. The van der Waals surface area contributed by atoms with Gasteiger partial charge in [-0.15, -0.1) is 11.3 Å². The Morgan fingerprint density at radius 3 is 2.95 bits per heavy atom. The van der Waals surface area contributed by atoms with Gasteiger partial charge in [0, 0.05) is 11.3 Å². The molecule has 1 fully saturated rings. The van der Waals surface area contributed by atoms with Gasteiger partial charge in [-0.25, -0.2) is 9.78 Å². The van der Waals surface area contributed by atoms with Crippen molar-refractivity contribution in [2.45, 2.75) is 32.9 Å². The van der Waals surface area contributed by atoms with Crippen molar-refractivity contribution in [1.82, 2.24) is 9.55 Å². The Balaban J connectivity index is 1.83. The Labute approximate surface area is 129 Å². The van der Waals surface area contributed by atoms with E-state index in [4.69, 9.17) is 9.47 Å². The standard InChI is InChI=1S/C14H14N2O5S/c1-7-8(2)22-12-11(7)13(18)16(6-15-12)5-10(17)21-9-3-4-20-14(9)19/h6,9H,3-5H2,1-2H3/t9-/m0/s1. The first-order valence-electron chi connectivity index (χ1n) is 6.78. The van der Waals surface area contributed by atoms with Crippen LogP contribution >= 0.6 is 11.3 Å². The van der Waals surface area contributed by atoms with Crippen LogP contribution in [-0.4, -0.2) is 34.2 Å². The molecular formula is C14H14N2O5S. The van der Waals surface area contributed by atoms with Crippen LogP contribution in [0.3, 0.4) is 0 Å². The molecule has 0 aliphatic carbocycles. The van der Waals surface area contributed by atoms with Crippen molar-refractivity contribution < 1.29 is 19.1 Å². The highest BCUT2D eigenvalue weighted by Gasteiger charge is 2.30. The van der Waals surface area contributed by atoms with Crippen molar-refractivity contribution >= 4 is 33.5 Å². The zero-order valence-electron chi connectivity index (χ0n) is 12.1. The number of aryl methyl sites for hydroxylation is 2. The molecule has 1 atom stereocenters. The molecule has 0 N–H and O–H groups in total. The third-order valence-electron chi connectivity index (χ3n) is 3.62. The first-order valence-corrected chi connectivity index (χ1v) is 7.60. The summed E-state index contributed by atoms with van der Waals surface area (Å²) < 4.78 is 11.0. The summed E-state index contributed by atoms with van der Waals surface area (Å²) in [5, 5.41) is 0.526. The molecule has 0 bridgehead atoms. The number of carbonyl (C=O) groups is 2. The fourth-order valence-corrected chi connectivity index (χ4v) is 3.29. The fraction of sp³-hybridized carbons (Fsp3) is 0.429. The number of nitrogens with zero attached hydrogens (tertiary/aromatic N) is 2. The second kappa shape index (κ2) is 5.53. The predicted molar refractivity (Wildman–Crippen MR) is 78.8 cm³/mol. The van der Waals surface area contributed by atoms with Crippen molar-refractivity contribution in [2.75, 3.05) is 6.61 Å². The maximum atomic E-state index is 12.4. The number of rotatable bonds is 3. The molecule has 0 saturated carbocycles. The Bertz CT molecular complexity index is 822. The van der Waals surface area contributed by atoms with Crippen LogP contribution in [0.4, 0.5) is 0 Å². The maximum Gasteiger partial charge on any atom is 0.347 e. The molecule has 116 valence electrons. The largest absolute Gasteiger partial charge is 0.463 e. The molecule has 1 aliphatic rings. The molecule has 8 heteroatoms. The van der Waals surface area contributed by atoms with Crippen LogP contribution in [0.25, 0.3) is 10.2 Å². The van der Waals surface area contributed by atoms with Crippen LogP contribution in [0, 0.1) is 13.8 Å². The van der Waals surface area contributed by atoms with Crippen molar-refractivity contribution in [3.63, 3.8) is 0 Å². The Morgan fingerprint density at radius 1 is 1.50 bits per heavy atom. The number of aromatic nitrogens is 2. The van der Waals surface area contributed by atoms with E-state index in [0.29, 0.717) is 16.6 Å². The second-order valence-electron chi connectivity index (χ2n) is 5.08. The average Bonchev–Trinajstić information content (AvgIpc) is 2.99. The quantitative estimate of drug-likeness (QED) is 0.781. The minimum absolute atomic E-state index is 0.248.